The van der Waals surface area contributed by atoms with Crippen LogP contribution in [0, 0.1) is 0 Å². The molecule has 4 heteroatoms. The summed E-state index contributed by atoms with van der Waals surface area (Å²) in [4.78, 5) is 6.61. The molecule has 20 heavy (non-hydrogen) atoms. The van der Waals surface area contributed by atoms with Gasteiger partial charge < -0.3 is 10.8 Å². The summed E-state index contributed by atoms with van der Waals surface area (Å²) in [7, 11) is 0. The second kappa shape index (κ2) is 7.62. The first-order valence-corrected chi connectivity index (χ1v) is 6.89. The van der Waals surface area contributed by atoms with Gasteiger partial charge in [-0.2, -0.15) is 0 Å². The molecule has 0 bridgehead atoms. The first kappa shape index (κ1) is 14.5. The lowest BCUT2D eigenvalue weighted by atomic mass is 10.1. The van der Waals surface area contributed by atoms with E-state index in [1.54, 1.807) is 12.3 Å². The monoisotopic (exact) mass is 271 g/mol. The Labute approximate surface area is 119 Å². The number of para-hydroxylation sites is 1. The Morgan fingerprint density at radius 3 is 2.55 bits per heavy atom. The summed E-state index contributed by atoms with van der Waals surface area (Å²) >= 11 is 0. The molecule has 0 saturated heterocycles. The van der Waals surface area contributed by atoms with Crippen molar-refractivity contribution >= 4 is 0 Å². The molecule has 1 aromatic heterocycles. The van der Waals surface area contributed by atoms with Gasteiger partial charge in [0.1, 0.15) is 5.75 Å². The van der Waals surface area contributed by atoms with E-state index in [0.29, 0.717) is 18.8 Å². The summed E-state index contributed by atoms with van der Waals surface area (Å²) in [5.41, 5.74) is 7.56. The minimum absolute atomic E-state index is 0.339. The maximum Gasteiger partial charge on any atom is 0.120 e. The third kappa shape index (κ3) is 4.33. The van der Waals surface area contributed by atoms with Crippen LogP contribution in [0.5, 0.6) is 5.75 Å². The zero-order valence-electron chi connectivity index (χ0n) is 11.6. The largest absolute Gasteiger partial charge is 0.508 e. The van der Waals surface area contributed by atoms with Crippen LogP contribution >= 0.6 is 0 Å². The van der Waals surface area contributed by atoms with Crippen molar-refractivity contribution in [2.24, 2.45) is 5.73 Å². The Morgan fingerprint density at radius 1 is 1.05 bits per heavy atom. The van der Waals surface area contributed by atoms with E-state index >= 15 is 0 Å². The Kier molecular flexibility index (Phi) is 5.53. The summed E-state index contributed by atoms with van der Waals surface area (Å²) in [6, 6.07) is 13.4. The zero-order chi connectivity index (χ0) is 14.2. The SMILES string of the molecule is NCCCN(Cc1ccccn1)Cc1ccccc1O. The van der Waals surface area contributed by atoms with Crippen LogP contribution < -0.4 is 5.73 Å². The second-order valence-electron chi connectivity index (χ2n) is 4.80. The van der Waals surface area contributed by atoms with Crippen molar-refractivity contribution in [3.63, 3.8) is 0 Å². The van der Waals surface area contributed by atoms with Gasteiger partial charge in [-0.3, -0.25) is 9.88 Å². The molecule has 0 amide bonds. The zero-order valence-corrected chi connectivity index (χ0v) is 11.6. The molecule has 0 spiro atoms. The van der Waals surface area contributed by atoms with E-state index in [1.807, 2.05) is 36.4 Å². The lowest BCUT2D eigenvalue weighted by Gasteiger charge is -2.22. The third-order valence-corrected chi connectivity index (χ3v) is 3.18. The molecule has 106 valence electrons. The minimum Gasteiger partial charge on any atom is -0.508 e. The van der Waals surface area contributed by atoms with Crippen molar-refractivity contribution in [3.8, 4) is 5.75 Å². The first-order chi connectivity index (χ1) is 9.79. The number of pyridine rings is 1. The molecular weight excluding hydrogens is 250 g/mol. The number of hydrogen-bond donors (Lipinski definition) is 2. The number of nitrogens with zero attached hydrogens (tertiary/aromatic N) is 2. The summed E-state index contributed by atoms with van der Waals surface area (Å²) in [5, 5.41) is 9.88. The van der Waals surface area contributed by atoms with E-state index < -0.39 is 0 Å². The topological polar surface area (TPSA) is 62.4 Å². The maximum absolute atomic E-state index is 9.88. The Morgan fingerprint density at radius 2 is 1.85 bits per heavy atom. The average molecular weight is 271 g/mol. The Bertz CT molecular complexity index is 516. The van der Waals surface area contributed by atoms with Gasteiger partial charge in [0.2, 0.25) is 0 Å². The van der Waals surface area contributed by atoms with Crippen LogP contribution in [0.1, 0.15) is 17.7 Å². The lowest BCUT2D eigenvalue weighted by molar-refractivity contribution is 0.248. The molecule has 0 radical (unpaired) electrons. The number of phenolic OH excluding ortho intramolecular Hbond substituents is 1. The number of rotatable bonds is 7. The molecule has 1 heterocycles. The first-order valence-electron chi connectivity index (χ1n) is 6.89. The molecule has 4 nitrogen and oxygen atoms in total. The van der Waals surface area contributed by atoms with Crippen LogP contribution in [0.3, 0.4) is 0 Å². The number of hydrogen-bond acceptors (Lipinski definition) is 4. The fraction of sp³-hybridized carbons (Fsp3) is 0.312. The van der Waals surface area contributed by atoms with Crippen molar-refractivity contribution in [2.75, 3.05) is 13.1 Å². The fourth-order valence-corrected chi connectivity index (χ4v) is 2.14. The van der Waals surface area contributed by atoms with Crippen LogP contribution in [-0.4, -0.2) is 28.1 Å². The quantitative estimate of drug-likeness (QED) is 0.810. The summed E-state index contributed by atoms with van der Waals surface area (Å²) in [6.45, 7) is 3.01. The number of nitrogens with two attached hydrogens (primary N) is 1. The second-order valence-corrected chi connectivity index (χ2v) is 4.80. The highest BCUT2D eigenvalue weighted by atomic mass is 16.3. The molecule has 1 aromatic carbocycles. The Balaban J connectivity index is 2.05. The average Bonchev–Trinajstić information content (AvgIpc) is 2.48. The summed E-state index contributed by atoms with van der Waals surface area (Å²) in [5.74, 6) is 0.339. The van der Waals surface area contributed by atoms with Crippen molar-refractivity contribution in [2.45, 2.75) is 19.5 Å². The highest BCUT2D eigenvalue weighted by Crippen LogP contribution is 2.18. The molecule has 0 aliphatic rings. The van der Waals surface area contributed by atoms with Gasteiger partial charge in [0.25, 0.3) is 0 Å². The van der Waals surface area contributed by atoms with E-state index in [0.717, 1.165) is 30.8 Å². The molecule has 0 fully saturated rings. The highest BCUT2D eigenvalue weighted by Gasteiger charge is 2.09. The van der Waals surface area contributed by atoms with Gasteiger partial charge in [-0.15, -0.1) is 0 Å². The van der Waals surface area contributed by atoms with E-state index in [4.69, 9.17) is 5.73 Å². The molecule has 3 N–H and O–H groups in total. The van der Waals surface area contributed by atoms with Gasteiger partial charge in [-0.05, 0) is 31.2 Å². The number of phenols is 1. The highest BCUT2D eigenvalue weighted by molar-refractivity contribution is 5.31. The predicted molar refractivity (Wildman–Crippen MR) is 80.1 cm³/mol. The molecule has 0 unspecified atom stereocenters. The van der Waals surface area contributed by atoms with Crippen molar-refractivity contribution in [3.05, 3.63) is 59.9 Å². The summed E-state index contributed by atoms with van der Waals surface area (Å²) < 4.78 is 0. The molecule has 0 aliphatic heterocycles. The number of aromatic hydroxyl groups is 1. The third-order valence-electron chi connectivity index (χ3n) is 3.18. The van der Waals surface area contributed by atoms with Crippen LogP contribution in [-0.2, 0) is 13.1 Å². The van der Waals surface area contributed by atoms with Gasteiger partial charge in [-0.25, -0.2) is 0 Å². The van der Waals surface area contributed by atoms with Gasteiger partial charge in [0.15, 0.2) is 0 Å². The van der Waals surface area contributed by atoms with Crippen molar-refractivity contribution < 1.29 is 5.11 Å². The molecule has 2 aromatic rings. The molecular formula is C16H21N3O. The van der Waals surface area contributed by atoms with E-state index in [-0.39, 0.29) is 0 Å². The van der Waals surface area contributed by atoms with Crippen molar-refractivity contribution in [1.29, 1.82) is 0 Å². The lowest BCUT2D eigenvalue weighted by Crippen LogP contribution is -2.26. The molecule has 0 atom stereocenters. The van der Waals surface area contributed by atoms with E-state index in [1.165, 1.54) is 0 Å². The number of aromatic nitrogens is 1. The number of benzene rings is 1. The molecule has 0 saturated carbocycles. The molecule has 2 rings (SSSR count). The predicted octanol–water partition coefficient (Wildman–Crippen LogP) is 2.14. The van der Waals surface area contributed by atoms with E-state index in [2.05, 4.69) is 9.88 Å². The van der Waals surface area contributed by atoms with Gasteiger partial charge in [-0.1, -0.05) is 24.3 Å². The maximum atomic E-state index is 9.88. The van der Waals surface area contributed by atoms with Crippen LogP contribution in [0.15, 0.2) is 48.7 Å². The normalized spacial score (nSPS) is 10.9. The van der Waals surface area contributed by atoms with Crippen LogP contribution in [0.2, 0.25) is 0 Å². The molecule has 0 aliphatic carbocycles. The van der Waals surface area contributed by atoms with E-state index in [9.17, 15) is 5.11 Å². The van der Waals surface area contributed by atoms with Crippen molar-refractivity contribution in [1.82, 2.24) is 9.88 Å². The van der Waals surface area contributed by atoms with Gasteiger partial charge in [0.05, 0.1) is 5.69 Å². The fourth-order valence-electron chi connectivity index (χ4n) is 2.14. The Hall–Kier alpha value is -1.91. The van der Waals surface area contributed by atoms with Gasteiger partial charge in [0, 0.05) is 31.4 Å². The minimum atomic E-state index is 0.339. The van der Waals surface area contributed by atoms with Crippen LogP contribution in [0.4, 0.5) is 0 Å². The van der Waals surface area contributed by atoms with Gasteiger partial charge >= 0.3 is 0 Å². The smallest absolute Gasteiger partial charge is 0.120 e. The summed E-state index contributed by atoms with van der Waals surface area (Å²) in [6.07, 6.45) is 2.73. The van der Waals surface area contributed by atoms with Crippen LogP contribution in [0.25, 0.3) is 0 Å². The standard InChI is InChI=1S/C16H21N3O/c17-9-5-11-19(13-15-7-3-4-10-18-15)12-14-6-1-2-8-16(14)20/h1-4,6-8,10,20H,5,9,11-13,17H2.